The van der Waals surface area contributed by atoms with E-state index in [1.807, 2.05) is 20.8 Å². The average Bonchev–Trinajstić information content (AvgIpc) is 2.02. The first kappa shape index (κ1) is 13.4. The van der Waals surface area contributed by atoms with Crippen molar-refractivity contribution in [3.63, 3.8) is 0 Å². The van der Waals surface area contributed by atoms with E-state index in [9.17, 15) is 4.79 Å². The van der Waals surface area contributed by atoms with Crippen LogP contribution in [0.15, 0.2) is 0 Å². The molecular weight excluding hydrogens is 180 g/mol. The fraction of sp³-hybridized carbons (Fsp3) is 0.900. The number of nitrogens with two attached hydrogens (primary N) is 2. The Kier molecular flexibility index (Phi) is 5.08. The zero-order chi connectivity index (χ0) is 11.4. The maximum absolute atomic E-state index is 11.4. The smallest absolute Gasteiger partial charge is 0.324 e. The first-order valence-electron chi connectivity index (χ1n) is 5.05. The largest absolute Gasteiger partial charge is 0.443 e. The summed E-state index contributed by atoms with van der Waals surface area (Å²) in [6.45, 7) is 7.55. The fourth-order valence-corrected chi connectivity index (χ4v) is 0.982. The molecule has 4 nitrogen and oxygen atoms in total. The number of carbonyl (C=O) groups excluding carboxylic acids is 1. The van der Waals surface area contributed by atoms with E-state index in [2.05, 4.69) is 0 Å². The quantitative estimate of drug-likeness (QED) is 0.514. The monoisotopic (exact) mass is 202 g/mol. The van der Waals surface area contributed by atoms with Crippen molar-refractivity contribution in [2.24, 2.45) is 17.4 Å². The zero-order valence-electron chi connectivity index (χ0n) is 9.54. The van der Waals surface area contributed by atoms with Gasteiger partial charge in [0, 0.05) is 0 Å². The van der Waals surface area contributed by atoms with Crippen molar-refractivity contribution in [2.45, 2.75) is 52.3 Å². The molecule has 2 atom stereocenters. The maximum atomic E-state index is 11.4. The van der Waals surface area contributed by atoms with Gasteiger partial charge in [0.2, 0.25) is 0 Å². The minimum Gasteiger partial charge on any atom is -0.443 e. The summed E-state index contributed by atoms with van der Waals surface area (Å²) >= 11 is 0. The van der Waals surface area contributed by atoms with E-state index in [0.29, 0.717) is 18.8 Å². The number of rotatable bonds is 5. The van der Waals surface area contributed by atoms with E-state index in [4.69, 9.17) is 16.2 Å². The maximum Gasteiger partial charge on any atom is 0.324 e. The standard InChI is InChI=1S/C10H22N2O2/c1-5-10(4,12)14-9(13)8(11)6-7(2)3/h7-8H,5-6,11-12H2,1-4H3/t8-,10?/m0/s1. The van der Waals surface area contributed by atoms with Crippen LogP contribution in [0.3, 0.4) is 0 Å². The van der Waals surface area contributed by atoms with Gasteiger partial charge in [-0.05, 0) is 25.7 Å². The number of ether oxygens (including phenoxy) is 1. The predicted molar refractivity (Wildman–Crippen MR) is 56.4 cm³/mol. The second kappa shape index (κ2) is 5.32. The molecule has 4 heteroatoms. The first-order valence-corrected chi connectivity index (χ1v) is 5.05. The molecule has 0 heterocycles. The molecule has 0 saturated carbocycles. The van der Waals surface area contributed by atoms with Gasteiger partial charge in [0.05, 0.1) is 0 Å². The third-order valence-electron chi connectivity index (χ3n) is 2.06. The number of carbonyl (C=O) groups is 1. The predicted octanol–water partition coefficient (Wildman–Crippen LogP) is 0.988. The lowest BCUT2D eigenvalue weighted by Gasteiger charge is -2.25. The van der Waals surface area contributed by atoms with Crippen LogP contribution >= 0.6 is 0 Å². The van der Waals surface area contributed by atoms with E-state index < -0.39 is 17.7 Å². The van der Waals surface area contributed by atoms with Gasteiger partial charge < -0.3 is 10.5 Å². The Morgan fingerprint density at radius 1 is 1.50 bits per heavy atom. The lowest BCUT2D eigenvalue weighted by atomic mass is 10.0. The van der Waals surface area contributed by atoms with Gasteiger partial charge in [-0.3, -0.25) is 10.5 Å². The highest BCUT2D eigenvalue weighted by molar-refractivity contribution is 5.75. The van der Waals surface area contributed by atoms with Gasteiger partial charge in [0.15, 0.2) is 5.72 Å². The summed E-state index contributed by atoms with van der Waals surface area (Å²) in [4.78, 5) is 11.4. The summed E-state index contributed by atoms with van der Waals surface area (Å²) in [5.74, 6) is -0.0336. The van der Waals surface area contributed by atoms with Gasteiger partial charge in [0.25, 0.3) is 0 Å². The van der Waals surface area contributed by atoms with Crippen LogP contribution < -0.4 is 11.5 Å². The Hall–Kier alpha value is -0.610. The summed E-state index contributed by atoms with van der Waals surface area (Å²) in [7, 11) is 0. The van der Waals surface area contributed by atoms with Crippen LogP contribution in [-0.4, -0.2) is 17.7 Å². The Bertz CT molecular complexity index is 191. The molecule has 4 N–H and O–H groups in total. The summed E-state index contributed by atoms with van der Waals surface area (Å²) in [5, 5.41) is 0. The molecule has 0 rings (SSSR count). The highest BCUT2D eigenvalue weighted by Crippen LogP contribution is 2.10. The van der Waals surface area contributed by atoms with E-state index >= 15 is 0 Å². The molecule has 0 aliphatic heterocycles. The van der Waals surface area contributed by atoms with Gasteiger partial charge in [-0.15, -0.1) is 0 Å². The van der Waals surface area contributed by atoms with Crippen molar-refractivity contribution in [2.75, 3.05) is 0 Å². The number of esters is 1. The molecule has 0 aromatic heterocycles. The molecule has 0 aliphatic rings. The molecule has 0 bridgehead atoms. The van der Waals surface area contributed by atoms with Crippen LogP contribution in [-0.2, 0) is 9.53 Å². The molecule has 0 aliphatic carbocycles. The normalized spacial score (nSPS) is 17.6. The van der Waals surface area contributed by atoms with Crippen LogP contribution in [0.5, 0.6) is 0 Å². The van der Waals surface area contributed by atoms with Crippen molar-refractivity contribution < 1.29 is 9.53 Å². The van der Waals surface area contributed by atoms with Gasteiger partial charge in [-0.25, -0.2) is 0 Å². The van der Waals surface area contributed by atoms with Crippen LogP contribution in [0.4, 0.5) is 0 Å². The van der Waals surface area contributed by atoms with Crippen molar-refractivity contribution in [1.29, 1.82) is 0 Å². The van der Waals surface area contributed by atoms with E-state index in [-0.39, 0.29) is 0 Å². The minimum atomic E-state index is -0.897. The number of hydrogen-bond donors (Lipinski definition) is 2. The topological polar surface area (TPSA) is 78.3 Å². The van der Waals surface area contributed by atoms with Gasteiger partial charge in [0.1, 0.15) is 6.04 Å². The molecule has 0 fully saturated rings. The molecule has 14 heavy (non-hydrogen) atoms. The molecule has 0 amide bonds. The van der Waals surface area contributed by atoms with E-state index in [1.165, 1.54) is 0 Å². The molecular formula is C10H22N2O2. The Morgan fingerprint density at radius 2 is 2.00 bits per heavy atom. The van der Waals surface area contributed by atoms with Crippen LogP contribution in [0.1, 0.15) is 40.5 Å². The average molecular weight is 202 g/mol. The van der Waals surface area contributed by atoms with Gasteiger partial charge >= 0.3 is 5.97 Å². The molecule has 0 radical (unpaired) electrons. The third kappa shape index (κ3) is 5.19. The van der Waals surface area contributed by atoms with Crippen LogP contribution in [0.2, 0.25) is 0 Å². The van der Waals surface area contributed by atoms with Gasteiger partial charge in [-0.2, -0.15) is 0 Å². The van der Waals surface area contributed by atoms with E-state index in [0.717, 1.165) is 0 Å². The summed E-state index contributed by atoms with van der Waals surface area (Å²) < 4.78 is 5.06. The summed E-state index contributed by atoms with van der Waals surface area (Å²) in [6.07, 6.45) is 1.20. The molecule has 0 spiro atoms. The lowest BCUT2D eigenvalue weighted by molar-refractivity contribution is -0.160. The SMILES string of the molecule is CCC(C)(N)OC(=O)[C@@H](N)CC(C)C. The third-order valence-corrected chi connectivity index (χ3v) is 2.06. The lowest BCUT2D eigenvalue weighted by Crippen LogP contribution is -2.45. The summed E-state index contributed by atoms with van der Waals surface area (Å²) in [5.41, 5.74) is 10.4. The highest BCUT2D eigenvalue weighted by Gasteiger charge is 2.25. The van der Waals surface area contributed by atoms with Crippen molar-refractivity contribution in [3.05, 3.63) is 0 Å². The van der Waals surface area contributed by atoms with Crippen molar-refractivity contribution >= 4 is 5.97 Å². The highest BCUT2D eigenvalue weighted by atomic mass is 16.6. The first-order chi connectivity index (χ1) is 6.28. The molecule has 1 unspecified atom stereocenters. The van der Waals surface area contributed by atoms with Crippen molar-refractivity contribution in [3.8, 4) is 0 Å². The molecule has 0 aromatic carbocycles. The van der Waals surface area contributed by atoms with Crippen molar-refractivity contribution in [1.82, 2.24) is 0 Å². The Morgan fingerprint density at radius 3 is 2.36 bits per heavy atom. The second-order valence-electron chi connectivity index (χ2n) is 4.32. The zero-order valence-corrected chi connectivity index (χ0v) is 9.54. The Balaban J connectivity index is 4.08. The van der Waals surface area contributed by atoms with Crippen LogP contribution in [0.25, 0.3) is 0 Å². The Labute approximate surface area is 86.0 Å². The van der Waals surface area contributed by atoms with Gasteiger partial charge in [-0.1, -0.05) is 20.8 Å². The number of hydrogen-bond acceptors (Lipinski definition) is 4. The molecule has 0 saturated heterocycles. The van der Waals surface area contributed by atoms with E-state index in [1.54, 1.807) is 6.92 Å². The fourth-order valence-electron chi connectivity index (χ4n) is 0.982. The molecule has 0 aromatic rings. The summed E-state index contributed by atoms with van der Waals surface area (Å²) in [6, 6.07) is -0.565. The second-order valence-corrected chi connectivity index (χ2v) is 4.32. The minimum absolute atomic E-state index is 0.378. The molecule has 84 valence electrons. The van der Waals surface area contributed by atoms with Crippen LogP contribution in [0, 0.1) is 5.92 Å².